The summed E-state index contributed by atoms with van der Waals surface area (Å²) in [7, 11) is 0. The molecule has 128 valence electrons. The Balaban J connectivity index is 1.77. The SMILES string of the molecule is CC(C)(C)c1n[nH]c(=S)n1/N=C\c1ccc(Nc2ccccc2)cc1. The Morgan fingerprint density at radius 1 is 1.04 bits per heavy atom. The summed E-state index contributed by atoms with van der Waals surface area (Å²) < 4.78 is 2.16. The summed E-state index contributed by atoms with van der Waals surface area (Å²) in [6.45, 7) is 6.23. The van der Waals surface area contributed by atoms with Crippen LogP contribution in [0.1, 0.15) is 32.2 Å². The summed E-state index contributed by atoms with van der Waals surface area (Å²) in [6, 6.07) is 18.1. The molecule has 3 rings (SSSR count). The fraction of sp³-hybridized carbons (Fsp3) is 0.211. The van der Waals surface area contributed by atoms with Gasteiger partial charge >= 0.3 is 0 Å². The van der Waals surface area contributed by atoms with Crippen molar-refractivity contribution in [2.45, 2.75) is 26.2 Å². The van der Waals surface area contributed by atoms with Gasteiger partial charge in [0.2, 0.25) is 4.77 Å². The molecule has 0 fully saturated rings. The monoisotopic (exact) mass is 351 g/mol. The topological polar surface area (TPSA) is 58.0 Å². The average Bonchev–Trinajstić information content (AvgIpc) is 2.96. The predicted octanol–water partition coefficient (Wildman–Crippen LogP) is 4.86. The van der Waals surface area contributed by atoms with Crippen LogP contribution in [-0.4, -0.2) is 21.1 Å². The number of nitrogens with one attached hydrogen (secondary N) is 2. The summed E-state index contributed by atoms with van der Waals surface area (Å²) >= 11 is 5.27. The van der Waals surface area contributed by atoms with Crippen LogP contribution in [0.2, 0.25) is 0 Å². The van der Waals surface area contributed by atoms with Crippen molar-refractivity contribution >= 4 is 29.8 Å². The Bertz CT molecular complexity index is 915. The third kappa shape index (κ3) is 4.22. The predicted molar refractivity (Wildman–Crippen MR) is 105 cm³/mol. The van der Waals surface area contributed by atoms with Crippen LogP contribution < -0.4 is 5.32 Å². The molecule has 0 aliphatic rings. The van der Waals surface area contributed by atoms with Gasteiger partial charge in [0, 0.05) is 16.8 Å². The molecular formula is C19H21N5S. The Morgan fingerprint density at radius 3 is 2.32 bits per heavy atom. The van der Waals surface area contributed by atoms with E-state index in [4.69, 9.17) is 12.2 Å². The first-order chi connectivity index (χ1) is 11.9. The highest BCUT2D eigenvalue weighted by Gasteiger charge is 2.21. The summed E-state index contributed by atoms with van der Waals surface area (Å²) in [4.78, 5) is 0. The lowest BCUT2D eigenvalue weighted by molar-refractivity contribution is 0.516. The molecule has 25 heavy (non-hydrogen) atoms. The van der Waals surface area contributed by atoms with Crippen LogP contribution in [0.4, 0.5) is 11.4 Å². The number of para-hydroxylation sites is 1. The highest BCUT2D eigenvalue weighted by molar-refractivity contribution is 7.71. The van der Waals surface area contributed by atoms with Crippen LogP contribution in [0.15, 0.2) is 59.7 Å². The molecule has 0 bridgehead atoms. The highest BCUT2D eigenvalue weighted by Crippen LogP contribution is 2.20. The first-order valence-corrected chi connectivity index (χ1v) is 8.49. The molecule has 0 amide bonds. The van der Waals surface area contributed by atoms with Gasteiger partial charge in [0.1, 0.15) is 0 Å². The number of anilines is 2. The van der Waals surface area contributed by atoms with Crippen LogP contribution in [0.3, 0.4) is 0 Å². The zero-order valence-corrected chi connectivity index (χ0v) is 15.3. The zero-order chi connectivity index (χ0) is 17.9. The minimum atomic E-state index is -0.144. The molecule has 2 N–H and O–H groups in total. The van der Waals surface area contributed by atoms with Gasteiger partial charge < -0.3 is 5.32 Å². The largest absolute Gasteiger partial charge is 0.356 e. The number of aromatic nitrogens is 3. The molecule has 3 aromatic rings. The van der Waals surface area contributed by atoms with Crippen molar-refractivity contribution in [3.63, 3.8) is 0 Å². The van der Waals surface area contributed by atoms with Crippen LogP contribution in [0.5, 0.6) is 0 Å². The van der Waals surface area contributed by atoms with E-state index in [1.165, 1.54) is 0 Å². The van der Waals surface area contributed by atoms with Gasteiger partial charge in [-0.15, -0.1) is 0 Å². The van der Waals surface area contributed by atoms with Crippen molar-refractivity contribution in [2.24, 2.45) is 5.10 Å². The Kier molecular flexibility index (Phi) is 4.81. The molecular weight excluding hydrogens is 330 g/mol. The quantitative estimate of drug-likeness (QED) is 0.521. The van der Waals surface area contributed by atoms with Gasteiger partial charge in [-0.1, -0.05) is 51.1 Å². The number of hydrogen-bond acceptors (Lipinski definition) is 4. The van der Waals surface area contributed by atoms with E-state index in [0.717, 1.165) is 22.8 Å². The van der Waals surface area contributed by atoms with Gasteiger partial charge in [0.15, 0.2) is 5.82 Å². The van der Waals surface area contributed by atoms with Gasteiger partial charge in [-0.2, -0.15) is 14.9 Å². The molecule has 5 nitrogen and oxygen atoms in total. The number of nitrogens with zero attached hydrogens (tertiary/aromatic N) is 3. The number of aromatic amines is 1. The number of rotatable bonds is 4. The molecule has 0 unspecified atom stereocenters. The molecule has 0 radical (unpaired) electrons. The number of H-pyrrole nitrogens is 1. The van der Waals surface area contributed by atoms with Crippen molar-refractivity contribution in [1.82, 2.24) is 14.9 Å². The van der Waals surface area contributed by atoms with Crippen LogP contribution in [-0.2, 0) is 5.41 Å². The second-order valence-electron chi connectivity index (χ2n) is 6.77. The number of benzene rings is 2. The van der Waals surface area contributed by atoms with Crippen LogP contribution in [0.25, 0.3) is 0 Å². The van der Waals surface area contributed by atoms with E-state index in [-0.39, 0.29) is 5.41 Å². The van der Waals surface area contributed by atoms with E-state index in [0.29, 0.717) is 4.77 Å². The number of hydrogen-bond donors (Lipinski definition) is 2. The van der Waals surface area contributed by atoms with Gasteiger partial charge in [-0.25, -0.2) is 0 Å². The van der Waals surface area contributed by atoms with Gasteiger partial charge in [-0.3, -0.25) is 5.10 Å². The van der Waals surface area contributed by atoms with E-state index in [1.807, 2.05) is 54.6 Å². The van der Waals surface area contributed by atoms with E-state index < -0.39 is 0 Å². The third-order valence-electron chi connectivity index (χ3n) is 3.62. The van der Waals surface area contributed by atoms with Crippen molar-refractivity contribution in [3.8, 4) is 0 Å². The maximum Gasteiger partial charge on any atom is 0.216 e. The normalized spacial score (nSPS) is 11.8. The van der Waals surface area contributed by atoms with E-state index in [2.05, 4.69) is 41.4 Å². The summed E-state index contributed by atoms with van der Waals surface area (Å²) in [5, 5.41) is 14.9. The molecule has 0 saturated heterocycles. The zero-order valence-electron chi connectivity index (χ0n) is 14.5. The van der Waals surface area contributed by atoms with Gasteiger partial charge in [-0.05, 0) is 42.0 Å². The standard InChI is InChI=1S/C19H21N5S/c1-19(2,3)17-22-23-18(25)24(17)20-13-14-9-11-16(12-10-14)21-15-7-5-4-6-8-15/h4-13,21H,1-3H3,(H,23,25)/b20-13-. The van der Waals surface area contributed by atoms with Crippen LogP contribution >= 0.6 is 12.2 Å². The van der Waals surface area contributed by atoms with E-state index >= 15 is 0 Å². The maximum atomic E-state index is 5.27. The lowest BCUT2D eigenvalue weighted by Crippen LogP contribution is -2.17. The Hall–Kier alpha value is -2.73. The molecule has 0 spiro atoms. The molecule has 1 aromatic heterocycles. The van der Waals surface area contributed by atoms with Crippen molar-refractivity contribution in [1.29, 1.82) is 0 Å². The van der Waals surface area contributed by atoms with Crippen LogP contribution in [0, 0.1) is 4.77 Å². The maximum absolute atomic E-state index is 5.27. The fourth-order valence-electron chi connectivity index (χ4n) is 2.35. The second kappa shape index (κ2) is 7.03. The molecule has 1 heterocycles. The first kappa shape index (κ1) is 17.1. The minimum Gasteiger partial charge on any atom is -0.356 e. The lowest BCUT2D eigenvalue weighted by atomic mass is 9.96. The molecule has 6 heteroatoms. The Labute approximate surface area is 152 Å². The summed E-state index contributed by atoms with van der Waals surface area (Å²) in [5.41, 5.74) is 2.93. The average molecular weight is 351 g/mol. The molecule has 0 atom stereocenters. The fourth-order valence-corrected chi connectivity index (χ4v) is 2.53. The summed E-state index contributed by atoms with van der Waals surface area (Å²) in [5.74, 6) is 0.802. The first-order valence-electron chi connectivity index (χ1n) is 8.08. The van der Waals surface area contributed by atoms with Crippen molar-refractivity contribution in [3.05, 3.63) is 70.8 Å². The smallest absolute Gasteiger partial charge is 0.216 e. The Morgan fingerprint density at radius 2 is 1.68 bits per heavy atom. The van der Waals surface area contributed by atoms with Crippen molar-refractivity contribution in [2.75, 3.05) is 5.32 Å². The van der Waals surface area contributed by atoms with E-state index in [1.54, 1.807) is 10.9 Å². The second-order valence-corrected chi connectivity index (χ2v) is 7.16. The lowest BCUT2D eigenvalue weighted by Gasteiger charge is -2.15. The van der Waals surface area contributed by atoms with Gasteiger partial charge in [0.05, 0.1) is 6.21 Å². The molecule has 2 aromatic carbocycles. The third-order valence-corrected chi connectivity index (χ3v) is 3.88. The highest BCUT2D eigenvalue weighted by atomic mass is 32.1. The van der Waals surface area contributed by atoms with Gasteiger partial charge in [0.25, 0.3) is 0 Å². The molecule has 0 aliphatic heterocycles. The molecule has 0 aliphatic carbocycles. The van der Waals surface area contributed by atoms with Crippen molar-refractivity contribution < 1.29 is 0 Å². The summed E-state index contributed by atoms with van der Waals surface area (Å²) in [6.07, 6.45) is 1.78. The minimum absolute atomic E-state index is 0.144. The van der Waals surface area contributed by atoms with E-state index in [9.17, 15) is 0 Å². The molecule has 0 saturated carbocycles.